The first-order valence-electron chi connectivity index (χ1n) is 7.61. The first-order valence-corrected chi connectivity index (χ1v) is 7.61. The highest BCUT2D eigenvalue weighted by atomic mass is 15.3. The van der Waals surface area contributed by atoms with E-state index in [1.807, 2.05) is 12.3 Å². The van der Waals surface area contributed by atoms with Gasteiger partial charge in [-0.3, -0.25) is 0 Å². The van der Waals surface area contributed by atoms with Crippen molar-refractivity contribution in [3.63, 3.8) is 0 Å². The molecule has 0 radical (unpaired) electrons. The van der Waals surface area contributed by atoms with E-state index < -0.39 is 0 Å². The molecule has 0 saturated carbocycles. The van der Waals surface area contributed by atoms with Gasteiger partial charge in [0.25, 0.3) is 0 Å². The summed E-state index contributed by atoms with van der Waals surface area (Å²) in [6.45, 7) is 7.76. The average Bonchev–Trinajstić information content (AvgIpc) is 2.52. The quantitative estimate of drug-likeness (QED) is 0.615. The molecule has 2 rings (SSSR count). The number of piperazine rings is 1. The fourth-order valence-electron chi connectivity index (χ4n) is 2.25. The van der Waals surface area contributed by atoms with Crippen LogP contribution in [0.4, 0.5) is 5.82 Å². The summed E-state index contributed by atoms with van der Waals surface area (Å²) >= 11 is 0. The van der Waals surface area contributed by atoms with E-state index in [0.29, 0.717) is 12.5 Å². The van der Waals surface area contributed by atoms with E-state index in [1.165, 1.54) is 0 Å². The molecule has 6 heteroatoms. The van der Waals surface area contributed by atoms with Crippen molar-refractivity contribution in [2.24, 2.45) is 10.7 Å². The fraction of sp³-hybridized carbons (Fsp3) is 0.600. The van der Waals surface area contributed by atoms with Crippen molar-refractivity contribution in [1.29, 1.82) is 0 Å². The first-order chi connectivity index (χ1) is 10.2. The van der Waals surface area contributed by atoms with Gasteiger partial charge in [0.15, 0.2) is 5.96 Å². The molecule has 0 atom stereocenters. The molecule has 1 aliphatic heterocycles. The molecule has 0 spiro atoms. The monoisotopic (exact) mass is 290 g/mol. The molecule has 1 aliphatic rings. The third-order valence-corrected chi connectivity index (χ3v) is 3.63. The van der Waals surface area contributed by atoms with Crippen molar-refractivity contribution in [1.82, 2.24) is 15.2 Å². The van der Waals surface area contributed by atoms with Crippen LogP contribution in [-0.4, -0.2) is 55.6 Å². The summed E-state index contributed by atoms with van der Waals surface area (Å²) < 4.78 is 0. The summed E-state index contributed by atoms with van der Waals surface area (Å²) in [6, 6.07) is 4.11. The Hall–Kier alpha value is -1.82. The minimum atomic E-state index is 0.509. The second-order valence-corrected chi connectivity index (χ2v) is 5.44. The summed E-state index contributed by atoms with van der Waals surface area (Å²) in [4.78, 5) is 13.5. The zero-order valence-electron chi connectivity index (χ0n) is 13.0. The zero-order valence-corrected chi connectivity index (χ0v) is 13.0. The molecule has 1 saturated heterocycles. The van der Waals surface area contributed by atoms with Gasteiger partial charge in [0, 0.05) is 38.9 Å². The summed E-state index contributed by atoms with van der Waals surface area (Å²) in [6.07, 6.45) is 2.90. The average molecular weight is 290 g/mol. The number of guanidine groups is 1. The Balaban J connectivity index is 1.94. The lowest BCUT2D eigenvalue weighted by molar-refractivity contribution is 0.312. The number of likely N-dealkylation sites (N-methyl/N-ethyl adjacent to an activating group) is 1. The molecule has 116 valence electrons. The zero-order chi connectivity index (χ0) is 15.1. The maximum atomic E-state index is 5.81. The summed E-state index contributed by atoms with van der Waals surface area (Å²) in [5.41, 5.74) is 6.95. The van der Waals surface area contributed by atoms with Crippen LogP contribution in [0.1, 0.15) is 18.9 Å². The molecule has 0 unspecified atom stereocenters. The van der Waals surface area contributed by atoms with Crippen LogP contribution in [0.2, 0.25) is 0 Å². The molecule has 2 heterocycles. The number of aliphatic imine (C=N–C) groups is 1. The molecule has 1 aromatic heterocycles. The van der Waals surface area contributed by atoms with Crippen LogP contribution in [0, 0.1) is 0 Å². The van der Waals surface area contributed by atoms with Crippen LogP contribution < -0.4 is 16.0 Å². The molecule has 3 N–H and O–H groups in total. The minimum Gasteiger partial charge on any atom is -0.370 e. The Morgan fingerprint density at radius 3 is 2.86 bits per heavy atom. The van der Waals surface area contributed by atoms with Crippen molar-refractivity contribution in [3.8, 4) is 0 Å². The molecule has 0 aliphatic carbocycles. The van der Waals surface area contributed by atoms with Crippen molar-refractivity contribution in [2.45, 2.75) is 19.9 Å². The van der Waals surface area contributed by atoms with Crippen molar-refractivity contribution in [2.75, 3.05) is 44.7 Å². The molecular formula is C15H26N6. The fourth-order valence-corrected chi connectivity index (χ4v) is 2.25. The lowest BCUT2D eigenvalue weighted by Crippen LogP contribution is -2.44. The number of aromatic nitrogens is 1. The van der Waals surface area contributed by atoms with Gasteiger partial charge >= 0.3 is 0 Å². The number of nitrogens with zero attached hydrogens (tertiary/aromatic N) is 4. The van der Waals surface area contributed by atoms with Crippen LogP contribution in [0.15, 0.2) is 23.3 Å². The second-order valence-electron chi connectivity index (χ2n) is 5.44. The van der Waals surface area contributed by atoms with Gasteiger partial charge in [0.2, 0.25) is 0 Å². The Labute approximate surface area is 127 Å². The van der Waals surface area contributed by atoms with Crippen LogP contribution in [0.25, 0.3) is 0 Å². The summed E-state index contributed by atoms with van der Waals surface area (Å²) in [5, 5.41) is 3.08. The molecule has 6 nitrogen and oxygen atoms in total. The Bertz CT molecular complexity index is 465. The Morgan fingerprint density at radius 1 is 1.38 bits per heavy atom. The second kappa shape index (κ2) is 7.83. The number of hydrogen-bond acceptors (Lipinski definition) is 4. The normalized spacial score (nSPS) is 17.0. The molecule has 0 amide bonds. The van der Waals surface area contributed by atoms with E-state index in [4.69, 9.17) is 5.73 Å². The molecule has 0 aromatic carbocycles. The van der Waals surface area contributed by atoms with E-state index in [-0.39, 0.29) is 0 Å². The predicted octanol–water partition coefficient (Wildman–Crippen LogP) is 0.648. The highest BCUT2D eigenvalue weighted by Crippen LogP contribution is 2.15. The number of pyridine rings is 1. The van der Waals surface area contributed by atoms with Crippen LogP contribution >= 0.6 is 0 Å². The molecule has 1 fully saturated rings. The van der Waals surface area contributed by atoms with Crippen molar-refractivity contribution in [3.05, 3.63) is 23.9 Å². The molecule has 1 aromatic rings. The highest BCUT2D eigenvalue weighted by molar-refractivity contribution is 5.77. The van der Waals surface area contributed by atoms with E-state index in [1.54, 1.807) is 0 Å². The first kappa shape index (κ1) is 15.6. The third-order valence-electron chi connectivity index (χ3n) is 3.63. The van der Waals surface area contributed by atoms with E-state index in [9.17, 15) is 0 Å². The van der Waals surface area contributed by atoms with Gasteiger partial charge in [-0.1, -0.05) is 6.92 Å². The highest BCUT2D eigenvalue weighted by Gasteiger charge is 2.15. The summed E-state index contributed by atoms with van der Waals surface area (Å²) in [5.74, 6) is 1.55. The van der Waals surface area contributed by atoms with E-state index >= 15 is 0 Å². The molecule has 0 bridgehead atoms. The lowest BCUT2D eigenvalue weighted by Gasteiger charge is -2.33. The molecular weight excluding hydrogens is 264 g/mol. The van der Waals surface area contributed by atoms with Crippen molar-refractivity contribution >= 4 is 11.8 Å². The van der Waals surface area contributed by atoms with Gasteiger partial charge in [-0.2, -0.15) is 0 Å². The van der Waals surface area contributed by atoms with E-state index in [2.05, 4.69) is 45.1 Å². The topological polar surface area (TPSA) is 69.8 Å². The van der Waals surface area contributed by atoms with Gasteiger partial charge in [0.05, 0.1) is 6.54 Å². The SMILES string of the molecule is CCCNC(N)=NCc1ccnc(N2CCN(C)CC2)c1. The largest absolute Gasteiger partial charge is 0.370 e. The number of anilines is 1. The third kappa shape index (κ3) is 4.90. The smallest absolute Gasteiger partial charge is 0.188 e. The van der Waals surface area contributed by atoms with E-state index in [0.717, 1.165) is 50.5 Å². The number of nitrogens with two attached hydrogens (primary N) is 1. The maximum absolute atomic E-state index is 5.81. The van der Waals surface area contributed by atoms with Crippen LogP contribution in [0.3, 0.4) is 0 Å². The standard InChI is InChI=1S/C15H26N6/c1-3-5-18-15(16)19-12-13-4-6-17-14(11-13)21-9-7-20(2)8-10-21/h4,6,11H,3,5,7-10,12H2,1-2H3,(H3,16,18,19). The molecule has 21 heavy (non-hydrogen) atoms. The van der Waals surface area contributed by atoms with Crippen molar-refractivity contribution < 1.29 is 0 Å². The lowest BCUT2D eigenvalue weighted by atomic mass is 10.2. The predicted molar refractivity (Wildman–Crippen MR) is 87.6 cm³/mol. The number of rotatable bonds is 5. The Kier molecular flexibility index (Phi) is 5.80. The summed E-state index contributed by atoms with van der Waals surface area (Å²) in [7, 11) is 2.15. The van der Waals surface area contributed by atoms with Gasteiger partial charge in [0.1, 0.15) is 5.82 Å². The van der Waals surface area contributed by atoms with Gasteiger partial charge in [-0.15, -0.1) is 0 Å². The van der Waals surface area contributed by atoms with Crippen LogP contribution in [-0.2, 0) is 6.54 Å². The number of nitrogens with one attached hydrogen (secondary N) is 1. The number of hydrogen-bond donors (Lipinski definition) is 2. The maximum Gasteiger partial charge on any atom is 0.188 e. The van der Waals surface area contributed by atoms with Crippen LogP contribution in [0.5, 0.6) is 0 Å². The van der Waals surface area contributed by atoms with Gasteiger partial charge < -0.3 is 20.9 Å². The Morgan fingerprint density at radius 2 is 2.14 bits per heavy atom. The minimum absolute atomic E-state index is 0.509. The van der Waals surface area contributed by atoms with Gasteiger partial charge in [-0.25, -0.2) is 9.98 Å². The van der Waals surface area contributed by atoms with Gasteiger partial charge in [-0.05, 0) is 31.2 Å².